The molecule has 0 aliphatic rings. The van der Waals surface area contributed by atoms with Gasteiger partial charge in [0, 0.05) is 8.95 Å². The predicted octanol–water partition coefficient (Wildman–Crippen LogP) is 8.21. The molecule has 0 spiro atoms. The van der Waals surface area contributed by atoms with Crippen molar-refractivity contribution in [2.75, 3.05) is 0 Å². The van der Waals surface area contributed by atoms with E-state index in [0.29, 0.717) is 0 Å². The minimum Gasteiger partial charge on any atom is -0.0622 e. The first kappa shape index (κ1) is 17.3. The molecule has 0 saturated heterocycles. The Balaban J connectivity index is 2.03. The quantitative estimate of drug-likeness (QED) is 0.287. The van der Waals surface area contributed by atoms with Crippen molar-refractivity contribution in [1.82, 2.24) is 0 Å². The van der Waals surface area contributed by atoms with Crippen LogP contribution in [-0.4, -0.2) is 0 Å². The van der Waals surface area contributed by atoms with E-state index in [2.05, 4.69) is 129 Å². The Morgan fingerprint density at radius 3 is 1.38 bits per heavy atom. The molecule has 2 heteroatoms. The fourth-order valence-electron chi connectivity index (χ4n) is 3.26. The van der Waals surface area contributed by atoms with Gasteiger partial charge in [-0.05, 0) is 57.6 Å². The van der Waals surface area contributed by atoms with E-state index < -0.39 is 0 Å². The molecule has 0 unspecified atom stereocenters. The molecule has 0 saturated carbocycles. The van der Waals surface area contributed by atoms with Crippen LogP contribution in [-0.2, 0) is 0 Å². The van der Waals surface area contributed by atoms with Gasteiger partial charge in [0.25, 0.3) is 0 Å². The van der Waals surface area contributed by atoms with E-state index in [4.69, 9.17) is 0 Å². The summed E-state index contributed by atoms with van der Waals surface area (Å²) in [6, 6.07) is 34.1. The van der Waals surface area contributed by atoms with Crippen LogP contribution in [0, 0.1) is 0 Å². The van der Waals surface area contributed by atoms with Crippen molar-refractivity contribution < 1.29 is 0 Å². The molecule has 26 heavy (non-hydrogen) atoms. The molecule has 4 aromatic carbocycles. The van der Waals surface area contributed by atoms with Gasteiger partial charge >= 0.3 is 0 Å². The van der Waals surface area contributed by atoms with Gasteiger partial charge in [-0.1, -0.05) is 105 Å². The maximum atomic E-state index is 3.61. The lowest BCUT2D eigenvalue weighted by Gasteiger charge is -2.16. The summed E-state index contributed by atoms with van der Waals surface area (Å²) in [4.78, 5) is 0. The minimum atomic E-state index is 1.09. The second-order valence-corrected chi connectivity index (χ2v) is 7.95. The molecule has 0 atom stereocenters. The van der Waals surface area contributed by atoms with Crippen LogP contribution in [0.1, 0.15) is 0 Å². The number of hydrogen-bond acceptors (Lipinski definition) is 0. The van der Waals surface area contributed by atoms with Crippen molar-refractivity contribution in [3.8, 4) is 33.4 Å². The molecule has 4 aromatic rings. The summed E-state index contributed by atoms with van der Waals surface area (Å²) in [5, 5.41) is 0. The largest absolute Gasteiger partial charge is 0.0622 e. The highest BCUT2D eigenvalue weighted by Crippen LogP contribution is 2.40. The lowest BCUT2D eigenvalue weighted by Crippen LogP contribution is -1.90. The van der Waals surface area contributed by atoms with Crippen molar-refractivity contribution in [3.05, 3.63) is 106 Å². The van der Waals surface area contributed by atoms with E-state index in [0.717, 1.165) is 8.95 Å². The van der Waals surface area contributed by atoms with Crippen LogP contribution >= 0.6 is 31.9 Å². The molecule has 0 radical (unpaired) electrons. The van der Waals surface area contributed by atoms with Gasteiger partial charge in [-0.3, -0.25) is 0 Å². The van der Waals surface area contributed by atoms with E-state index in [9.17, 15) is 0 Å². The van der Waals surface area contributed by atoms with Gasteiger partial charge in [-0.15, -0.1) is 0 Å². The van der Waals surface area contributed by atoms with Crippen molar-refractivity contribution in [1.29, 1.82) is 0 Å². The average molecular weight is 464 g/mol. The molecular weight excluding hydrogens is 448 g/mol. The van der Waals surface area contributed by atoms with Gasteiger partial charge in [0.2, 0.25) is 0 Å². The Bertz CT molecular complexity index is 989. The van der Waals surface area contributed by atoms with E-state index in [1.165, 1.54) is 33.4 Å². The van der Waals surface area contributed by atoms with Crippen molar-refractivity contribution in [3.63, 3.8) is 0 Å². The average Bonchev–Trinajstić information content (AvgIpc) is 2.68. The van der Waals surface area contributed by atoms with Gasteiger partial charge in [0.05, 0.1) is 0 Å². The number of hydrogen-bond donors (Lipinski definition) is 0. The van der Waals surface area contributed by atoms with Gasteiger partial charge in [-0.2, -0.15) is 0 Å². The summed E-state index contributed by atoms with van der Waals surface area (Å²) in [5.41, 5.74) is 7.34. The van der Waals surface area contributed by atoms with Gasteiger partial charge < -0.3 is 0 Å². The van der Waals surface area contributed by atoms with Crippen molar-refractivity contribution >= 4 is 31.9 Å². The minimum absolute atomic E-state index is 1.09. The zero-order valence-electron chi connectivity index (χ0n) is 14.0. The summed E-state index contributed by atoms with van der Waals surface area (Å²) in [6.45, 7) is 0. The third kappa shape index (κ3) is 3.53. The Morgan fingerprint density at radius 2 is 0.885 bits per heavy atom. The first-order valence-corrected chi connectivity index (χ1v) is 10.0. The van der Waals surface area contributed by atoms with E-state index >= 15 is 0 Å². The highest BCUT2D eigenvalue weighted by Gasteiger charge is 2.14. The Labute approximate surface area is 170 Å². The zero-order valence-corrected chi connectivity index (χ0v) is 17.2. The smallest absolute Gasteiger partial charge is 0.0181 e. The lowest BCUT2D eigenvalue weighted by atomic mass is 9.88. The molecule has 0 heterocycles. The molecule has 0 aliphatic heterocycles. The normalized spacial score (nSPS) is 10.7. The van der Waals surface area contributed by atoms with Gasteiger partial charge in [-0.25, -0.2) is 0 Å². The maximum Gasteiger partial charge on any atom is 0.0181 e. The van der Waals surface area contributed by atoms with Crippen LogP contribution in [0.2, 0.25) is 0 Å². The summed E-state index contributed by atoms with van der Waals surface area (Å²) < 4.78 is 2.17. The first-order valence-electron chi connectivity index (χ1n) is 8.43. The third-order valence-corrected chi connectivity index (χ3v) is 5.38. The summed E-state index contributed by atoms with van der Waals surface area (Å²) in [7, 11) is 0. The van der Waals surface area contributed by atoms with E-state index in [1.54, 1.807) is 0 Å². The number of benzene rings is 4. The zero-order chi connectivity index (χ0) is 17.9. The molecule has 0 N–H and O–H groups in total. The summed E-state index contributed by atoms with van der Waals surface area (Å²) >= 11 is 7.21. The van der Waals surface area contributed by atoms with Crippen LogP contribution in [0.25, 0.3) is 33.4 Å². The number of halogens is 2. The maximum absolute atomic E-state index is 3.61. The molecule has 0 amide bonds. The van der Waals surface area contributed by atoms with Gasteiger partial charge in [0.15, 0.2) is 0 Å². The first-order chi connectivity index (χ1) is 12.7. The molecule has 4 rings (SSSR count). The van der Waals surface area contributed by atoms with Crippen LogP contribution in [0.4, 0.5) is 0 Å². The van der Waals surface area contributed by atoms with Crippen molar-refractivity contribution in [2.45, 2.75) is 0 Å². The molecule has 0 aliphatic carbocycles. The standard InChI is InChI=1S/C24H16Br2/c25-20-11-4-9-18(15-20)22-13-6-14-23(19-10-5-12-21(26)16-19)24(22)17-7-2-1-3-8-17/h1-16H. The summed E-state index contributed by atoms with van der Waals surface area (Å²) in [6.07, 6.45) is 0. The SMILES string of the molecule is Brc1cccc(-c2cccc(-c3cccc(Br)c3)c2-c2ccccc2)c1. The monoisotopic (exact) mass is 462 g/mol. The molecular formula is C24H16Br2. The Morgan fingerprint density at radius 1 is 0.423 bits per heavy atom. The second-order valence-electron chi connectivity index (χ2n) is 6.11. The van der Waals surface area contributed by atoms with Crippen LogP contribution < -0.4 is 0 Å². The Hall–Kier alpha value is -2.16. The molecule has 0 bridgehead atoms. The van der Waals surface area contributed by atoms with Crippen LogP contribution in [0.15, 0.2) is 106 Å². The summed E-state index contributed by atoms with van der Waals surface area (Å²) in [5.74, 6) is 0. The highest BCUT2D eigenvalue weighted by molar-refractivity contribution is 9.10. The molecule has 126 valence electrons. The van der Waals surface area contributed by atoms with Crippen LogP contribution in [0.5, 0.6) is 0 Å². The topological polar surface area (TPSA) is 0 Å². The molecule has 0 fully saturated rings. The number of rotatable bonds is 3. The van der Waals surface area contributed by atoms with E-state index in [1.807, 2.05) is 0 Å². The molecule has 0 aromatic heterocycles. The van der Waals surface area contributed by atoms with Crippen LogP contribution in [0.3, 0.4) is 0 Å². The fourth-order valence-corrected chi connectivity index (χ4v) is 4.06. The molecule has 0 nitrogen and oxygen atoms in total. The highest BCUT2D eigenvalue weighted by atomic mass is 79.9. The van der Waals surface area contributed by atoms with Gasteiger partial charge in [0.1, 0.15) is 0 Å². The fraction of sp³-hybridized carbons (Fsp3) is 0. The third-order valence-electron chi connectivity index (χ3n) is 4.40. The second kappa shape index (κ2) is 7.61. The van der Waals surface area contributed by atoms with E-state index in [-0.39, 0.29) is 0 Å². The van der Waals surface area contributed by atoms with Crippen molar-refractivity contribution in [2.24, 2.45) is 0 Å². The lowest BCUT2D eigenvalue weighted by molar-refractivity contribution is 1.54. The predicted molar refractivity (Wildman–Crippen MR) is 118 cm³/mol. The Kier molecular flexibility index (Phi) is 5.05.